The molecule has 2 amide bonds. The predicted molar refractivity (Wildman–Crippen MR) is 74.4 cm³/mol. The molecule has 19 heavy (non-hydrogen) atoms. The molecule has 1 heterocycles. The third-order valence-electron chi connectivity index (χ3n) is 2.95. The topological polar surface area (TPSA) is 62.8 Å². The van der Waals surface area contributed by atoms with E-state index in [0.717, 1.165) is 32.8 Å². The van der Waals surface area contributed by atoms with Crippen molar-refractivity contribution in [3.05, 3.63) is 0 Å². The van der Waals surface area contributed by atoms with E-state index in [-0.39, 0.29) is 6.03 Å². The third-order valence-corrected chi connectivity index (χ3v) is 2.95. The number of nitrogens with zero attached hydrogens (tertiary/aromatic N) is 1. The molecule has 0 aromatic carbocycles. The molecule has 1 fully saturated rings. The highest BCUT2D eigenvalue weighted by Crippen LogP contribution is 1.95. The van der Waals surface area contributed by atoms with Crippen molar-refractivity contribution in [3.8, 4) is 0 Å². The van der Waals surface area contributed by atoms with Gasteiger partial charge in [-0.15, -0.1) is 0 Å². The summed E-state index contributed by atoms with van der Waals surface area (Å²) in [7, 11) is 0. The Kier molecular flexibility index (Phi) is 9.40. The first-order valence-corrected chi connectivity index (χ1v) is 7.23. The van der Waals surface area contributed by atoms with Crippen molar-refractivity contribution in [1.82, 2.24) is 15.5 Å². The van der Waals surface area contributed by atoms with E-state index < -0.39 is 0 Å². The van der Waals surface area contributed by atoms with E-state index in [0.29, 0.717) is 26.4 Å². The van der Waals surface area contributed by atoms with Crippen LogP contribution in [0.3, 0.4) is 0 Å². The van der Waals surface area contributed by atoms with E-state index in [1.54, 1.807) is 4.90 Å². The molecule has 6 nitrogen and oxygen atoms in total. The first-order valence-electron chi connectivity index (χ1n) is 7.23. The SMILES string of the molecule is CCCCNCCOCCOCCN1CCNC1=O. The lowest BCUT2D eigenvalue weighted by molar-refractivity contribution is 0.0440. The molecule has 6 heteroatoms. The Balaban J connectivity index is 1.75. The van der Waals surface area contributed by atoms with Gasteiger partial charge >= 0.3 is 6.03 Å². The minimum atomic E-state index is 0.0120. The Morgan fingerprint density at radius 3 is 2.68 bits per heavy atom. The number of carbonyl (C=O) groups is 1. The zero-order valence-corrected chi connectivity index (χ0v) is 12.0. The van der Waals surface area contributed by atoms with E-state index in [2.05, 4.69) is 17.6 Å². The molecule has 0 radical (unpaired) electrons. The van der Waals surface area contributed by atoms with E-state index in [9.17, 15) is 4.79 Å². The van der Waals surface area contributed by atoms with Gasteiger partial charge in [-0.3, -0.25) is 0 Å². The average Bonchev–Trinajstić information content (AvgIpc) is 2.82. The maximum absolute atomic E-state index is 11.2. The first-order chi connectivity index (χ1) is 9.34. The van der Waals surface area contributed by atoms with Crippen molar-refractivity contribution in [2.45, 2.75) is 19.8 Å². The molecule has 0 unspecified atom stereocenters. The van der Waals surface area contributed by atoms with Gasteiger partial charge in [0.15, 0.2) is 0 Å². The summed E-state index contributed by atoms with van der Waals surface area (Å²) in [5.41, 5.74) is 0. The van der Waals surface area contributed by atoms with Crippen LogP contribution in [-0.2, 0) is 9.47 Å². The van der Waals surface area contributed by atoms with Crippen molar-refractivity contribution in [2.24, 2.45) is 0 Å². The number of urea groups is 1. The summed E-state index contributed by atoms with van der Waals surface area (Å²) < 4.78 is 10.8. The van der Waals surface area contributed by atoms with Crippen molar-refractivity contribution >= 4 is 6.03 Å². The van der Waals surface area contributed by atoms with Gasteiger partial charge in [0.25, 0.3) is 0 Å². The highest BCUT2D eigenvalue weighted by molar-refractivity contribution is 5.76. The molecule has 1 saturated heterocycles. The number of carbonyl (C=O) groups excluding carboxylic acids is 1. The van der Waals surface area contributed by atoms with Gasteiger partial charge in [0.05, 0.1) is 26.4 Å². The van der Waals surface area contributed by atoms with E-state index in [1.807, 2.05) is 0 Å². The number of hydrogen-bond donors (Lipinski definition) is 2. The van der Waals surface area contributed by atoms with Crippen LogP contribution in [-0.4, -0.2) is 70.1 Å². The minimum absolute atomic E-state index is 0.0120. The third kappa shape index (κ3) is 8.02. The van der Waals surface area contributed by atoms with Gasteiger partial charge in [-0.25, -0.2) is 4.79 Å². The fourth-order valence-corrected chi connectivity index (χ4v) is 1.79. The van der Waals surface area contributed by atoms with Crippen LogP contribution in [0.15, 0.2) is 0 Å². The van der Waals surface area contributed by atoms with Crippen molar-refractivity contribution in [1.29, 1.82) is 0 Å². The normalized spacial score (nSPS) is 15.0. The zero-order valence-electron chi connectivity index (χ0n) is 12.0. The summed E-state index contributed by atoms with van der Waals surface area (Å²) in [6.45, 7) is 8.82. The van der Waals surface area contributed by atoms with Gasteiger partial charge in [-0.1, -0.05) is 13.3 Å². The second-order valence-corrected chi connectivity index (χ2v) is 4.55. The molecule has 0 saturated carbocycles. The number of rotatable bonds is 12. The Morgan fingerprint density at radius 1 is 1.21 bits per heavy atom. The largest absolute Gasteiger partial charge is 0.378 e. The van der Waals surface area contributed by atoms with Crippen LogP contribution in [0.4, 0.5) is 4.79 Å². The molecule has 112 valence electrons. The highest BCUT2D eigenvalue weighted by atomic mass is 16.5. The zero-order chi connectivity index (χ0) is 13.8. The van der Waals surface area contributed by atoms with Gasteiger partial charge in [-0.05, 0) is 13.0 Å². The number of hydrogen-bond acceptors (Lipinski definition) is 4. The Bertz CT molecular complexity index is 239. The van der Waals surface area contributed by atoms with E-state index in [1.165, 1.54) is 12.8 Å². The molecule has 0 aromatic heterocycles. The fourth-order valence-electron chi connectivity index (χ4n) is 1.79. The Morgan fingerprint density at radius 2 is 2.00 bits per heavy atom. The number of nitrogens with one attached hydrogen (secondary N) is 2. The average molecular weight is 273 g/mol. The van der Waals surface area contributed by atoms with Crippen molar-refractivity contribution < 1.29 is 14.3 Å². The van der Waals surface area contributed by atoms with E-state index in [4.69, 9.17) is 9.47 Å². The van der Waals surface area contributed by atoms with Crippen molar-refractivity contribution in [3.63, 3.8) is 0 Å². The van der Waals surface area contributed by atoms with Crippen LogP contribution in [0.5, 0.6) is 0 Å². The molecule has 0 aromatic rings. The first kappa shape index (κ1) is 16.2. The number of amides is 2. The smallest absolute Gasteiger partial charge is 0.317 e. The van der Waals surface area contributed by atoms with Crippen LogP contribution >= 0.6 is 0 Å². The molecular formula is C13H27N3O3. The van der Waals surface area contributed by atoms with Crippen LogP contribution in [0.1, 0.15) is 19.8 Å². The minimum Gasteiger partial charge on any atom is -0.378 e. The van der Waals surface area contributed by atoms with Crippen molar-refractivity contribution in [2.75, 3.05) is 59.2 Å². The molecule has 2 N–H and O–H groups in total. The summed E-state index contributed by atoms with van der Waals surface area (Å²) >= 11 is 0. The maximum atomic E-state index is 11.2. The lowest BCUT2D eigenvalue weighted by atomic mass is 10.3. The summed E-state index contributed by atoms with van der Waals surface area (Å²) in [6, 6.07) is 0.0120. The quantitative estimate of drug-likeness (QED) is 0.506. The molecule has 1 rings (SSSR count). The standard InChI is InChI=1S/C13H27N3O3/c1-2-3-4-14-6-9-18-11-12-19-10-8-16-7-5-15-13(16)17/h14H,2-12H2,1H3,(H,15,17). The van der Waals surface area contributed by atoms with Crippen LogP contribution in [0.25, 0.3) is 0 Å². The van der Waals surface area contributed by atoms with Gasteiger partial charge in [0, 0.05) is 26.2 Å². The molecule has 0 bridgehead atoms. The summed E-state index contributed by atoms with van der Waals surface area (Å²) in [5, 5.41) is 6.07. The second-order valence-electron chi connectivity index (χ2n) is 4.55. The van der Waals surface area contributed by atoms with Gasteiger partial charge < -0.3 is 25.0 Å². The monoisotopic (exact) mass is 273 g/mol. The Hall–Kier alpha value is -0.850. The van der Waals surface area contributed by atoms with Gasteiger partial charge in [0.2, 0.25) is 0 Å². The summed E-state index contributed by atoms with van der Waals surface area (Å²) in [5.74, 6) is 0. The predicted octanol–water partition coefficient (Wildman–Crippen LogP) is 0.435. The maximum Gasteiger partial charge on any atom is 0.317 e. The highest BCUT2D eigenvalue weighted by Gasteiger charge is 2.18. The molecule has 0 spiro atoms. The van der Waals surface area contributed by atoms with Crippen LogP contribution < -0.4 is 10.6 Å². The van der Waals surface area contributed by atoms with Gasteiger partial charge in [0.1, 0.15) is 0 Å². The van der Waals surface area contributed by atoms with Gasteiger partial charge in [-0.2, -0.15) is 0 Å². The van der Waals surface area contributed by atoms with Crippen LogP contribution in [0.2, 0.25) is 0 Å². The molecule has 0 aliphatic carbocycles. The summed E-state index contributed by atoms with van der Waals surface area (Å²) in [4.78, 5) is 13.0. The van der Waals surface area contributed by atoms with E-state index >= 15 is 0 Å². The number of unbranched alkanes of at least 4 members (excludes halogenated alkanes) is 1. The second kappa shape index (κ2) is 11.0. The fraction of sp³-hybridized carbons (Fsp3) is 0.923. The Labute approximate surface area is 115 Å². The number of ether oxygens (including phenoxy) is 2. The molecule has 0 atom stereocenters. The van der Waals surface area contributed by atoms with Crippen LogP contribution in [0, 0.1) is 0 Å². The molecular weight excluding hydrogens is 246 g/mol. The molecule has 1 aliphatic heterocycles. The molecule has 1 aliphatic rings. The lowest BCUT2D eigenvalue weighted by Crippen LogP contribution is -2.31. The summed E-state index contributed by atoms with van der Waals surface area (Å²) in [6.07, 6.45) is 2.43. The lowest BCUT2D eigenvalue weighted by Gasteiger charge is -2.13.